The van der Waals surface area contributed by atoms with Crippen LogP contribution in [0.15, 0.2) is 70.2 Å². The standard InChI is InChI=1S/C26H28N2O4/c1-4-19-25(26(30)31)23(16-9-6-10-18(29)11-16)24-20(27-19)12-17(13-21(24)28-32)22-14(2)7-5-8-15(22)3/h5-11,17,23,27,29,32H,4,12-13H2,1-3H3,(H,30,31). The van der Waals surface area contributed by atoms with Crippen molar-refractivity contribution in [2.45, 2.75) is 51.9 Å². The van der Waals surface area contributed by atoms with Crippen molar-refractivity contribution >= 4 is 11.7 Å². The number of benzene rings is 2. The lowest BCUT2D eigenvalue weighted by Crippen LogP contribution is -2.36. The summed E-state index contributed by atoms with van der Waals surface area (Å²) in [6.07, 6.45) is 1.71. The third-order valence-electron chi connectivity index (χ3n) is 6.59. The first-order valence-electron chi connectivity index (χ1n) is 10.9. The number of nitrogens with one attached hydrogen (secondary N) is 1. The van der Waals surface area contributed by atoms with Gasteiger partial charge in [0.2, 0.25) is 0 Å². The minimum absolute atomic E-state index is 0.0673. The highest BCUT2D eigenvalue weighted by molar-refractivity contribution is 6.06. The van der Waals surface area contributed by atoms with Gasteiger partial charge in [0.05, 0.1) is 11.3 Å². The van der Waals surface area contributed by atoms with Gasteiger partial charge in [-0.15, -0.1) is 0 Å². The van der Waals surface area contributed by atoms with E-state index in [1.165, 1.54) is 16.7 Å². The molecule has 32 heavy (non-hydrogen) atoms. The quantitative estimate of drug-likeness (QED) is 0.397. The Morgan fingerprint density at radius 2 is 1.81 bits per heavy atom. The number of hydrogen-bond acceptors (Lipinski definition) is 5. The summed E-state index contributed by atoms with van der Waals surface area (Å²) < 4.78 is 0. The number of rotatable bonds is 4. The third-order valence-corrected chi connectivity index (χ3v) is 6.59. The number of nitrogens with zero attached hydrogens (tertiary/aromatic N) is 1. The van der Waals surface area contributed by atoms with Gasteiger partial charge >= 0.3 is 5.97 Å². The molecule has 0 spiro atoms. The maximum atomic E-state index is 12.4. The molecule has 6 nitrogen and oxygen atoms in total. The first-order valence-corrected chi connectivity index (χ1v) is 10.9. The van der Waals surface area contributed by atoms with E-state index in [0.717, 1.165) is 5.70 Å². The molecular formula is C26H28N2O4. The molecule has 6 heteroatoms. The first-order chi connectivity index (χ1) is 15.3. The van der Waals surface area contributed by atoms with Crippen LogP contribution in [0, 0.1) is 13.8 Å². The Bertz CT molecular complexity index is 1160. The zero-order chi connectivity index (χ0) is 23.0. The molecule has 1 aliphatic carbocycles. The van der Waals surface area contributed by atoms with Gasteiger partial charge in [-0.25, -0.2) is 4.79 Å². The van der Waals surface area contributed by atoms with Crippen LogP contribution in [0.5, 0.6) is 5.75 Å². The number of carboxylic acids is 1. The molecule has 166 valence electrons. The van der Waals surface area contributed by atoms with Gasteiger partial charge in [0.15, 0.2) is 0 Å². The molecule has 0 saturated heterocycles. The lowest BCUT2D eigenvalue weighted by Gasteiger charge is -2.38. The molecule has 0 fully saturated rings. The number of phenolic OH excluding ortho intramolecular Hbond substituents is 1. The molecule has 2 atom stereocenters. The summed E-state index contributed by atoms with van der Waals surface area (Å²) in [5, 5.41) is 37.2. The molecule has 0 saturated carbocycles. The molecule has 0 amide bonds. The van der Waals surface area contributed by atoms with Crippen LogP contribution in [-0.4, -0.2) is 27.1 Å². The molecule has 0 radical (unpaired) electrons. The maximum Gasteiger partial charge on any atom is 0.334 e. The van der Waals surface area contributed by atoms with E-state index in [0.29, 0.717) is 41.8 Å². The summed E-state index contributed by atoms with van der Waals surface area (Å²) in [5.41, 5.74) is 7.20. The molecule has 1 heterocycles. The topological polar surface area (TPSA) is 102 Å². The average Bonchev–Trinajstić information content (AvgIpc) is 2.76. The number of aromatic hydroxyl groups is 1. The number of aliphatic carboxylic acids is 1. The van der Waals surface area contributed by atoms with E-state index in [2.05, 4.69) is 36.5 Å². The van der Waals surface area contributed by atoms with Gasteiger partial charge in [-0.1, -0.05) is 42.4 Å². The number of carbonyl (C=O) groups is 1. The fourth-order valence-electron chi connectivity index (χ4n) is 5.31. The number of allylic oxidation sites excluding steroid dienone is 3. The highest BCUT2D eigenvalue weighted by Gasteiger charge is 2.41. The molecular weight excluding hydrogens is 404 g/mol. The van der Waals surface area contributed by atoms with Crippen molar-refractivity contribution in [3.63, 3.8) is 0 Å². The van der Waals surface area contributed by atoms with Gasteiger partial charge in [0.25, 0.3) is 0 Å². The Morgan fingerprint density at radius 3 is 2.41 bits per heavy atom. The zero-order valence-corrected chi connectivity index (χ0v) is 18.5. The van der Waals surface area contributed by atoms with E-state index in [1.807, 2.05) is 19.1 Å². The monoisotopic (exact) mass is 432 g/mol. The summed E-state index contributed by atoms with van der Waals surface area (Å²) in [4.78, 5) is 12.4. The predicted molar refractivity (Wildman–Crippen MR) is 123 cm³/mol. The Hall–Kier alpha value is -3.54. The maximum absolute atomic E-state index is 12.4. The van der Waals surface area contributed by atoms with E-state index in [4.69, 9.17) is 0 Å². The Kier molecular flexibility index (Phi) is 5.78. The molecule has 4 N–H and O–H groups in total. The van der Waals surface area contributed by atoms with Crippen LogP contribution in [0.3, 0.4) is 0 Å². The Labute approximate surface area is 187 Å². The first kappa shape index (κ1) is 21.7. The van der Waals surface area contributed by atoms with Gasteiger partial charge < -0.3 is 20.7 Å². The van der Waals surface area contributed by atoms with Crippen molar-refractivity contribution in [1.29, 1.82) is 0 Å². The van der Waals surface area contributed by atoms with Crippen molar-refractivity contribution in [3.8, 4) is 5.75 Å². The van der Waals surface area contributed by atoms with Crippen molar-refractivity contribution < 1.29 is 20.2 Å². The van der Waals surface area contributed by atoms with Crippen LogP contribution >= 0.6 is 0 Å². The minimum atomic E-state index is -1.02. The fourth-order valence-corrected chi connectivity index (χ4v) is 5.31. The lowest BCUT2D eigenvalue weighted by atomic mass is 9.70. The second-order valence-electron chi connectivity index (χ2n) is 8.55. The number of carboxylic acid groups (broad SMARTS) is 1. The summed E-state index contributed by atoms with van der Waals surface area (Å²) in [7, 11) is 0. The van der Waals surface area contributed by atoms with Crippen LogP contribution < -0.4 is 5.32 Å². The molecule has 2 unspecified atom stereocenters. The van der Waals surface area contributed by atoms with E-state index in [-0.39, 0.29) is 17.2 Å². The number of hydrogen-bond donors (Lipinski definition) is 4. The third kappa shape index (κ3) is 3.66. The fraction of sp³-hybridized carbons (Fsp3) is 0.308. The number of oxime groups is 1. The lowest BCUT2D eigenvalue weighted by molar-refractivity contribution is -0.133. The van der Waals surface area contributed by atoms with E-state index in [1.54, 1.807) is 18.2 Å². The summed E-state index contributed by atoms with van der Waals surface area (Å²) in [6, 6.07) is 12.9. The van der Waals surface area contributed by atoms with Crippen LogP contribution in [0.2, 0.25) is 0 Å². The summed E-state index contributed by atoms with van der Waals surface area (Å²) in [6.45, 7) is 6.10. The van der Waals surface area contributed by atoms with Crippen LogP contribution in [0.1, 0.15) is 60.3 Å². The number of aryl methyl sites for hydroxylation is 2. The number of dihydropyridines is 1. The second-order valence-corrected chi connectivity index (χ2v) is 8.55. The van der Waals surface area contributed by atoms with Gasteiger partial charge in [-0.3, -0.25) is 0 Å². The van der Waals surface area contributed by atoms with Crippen molar-refractivity contribution in [2.24, 2.45) is 5.16 Å². The highest BCUT2D eigenvalue weighted by atomic mass is 16.4. The van der Waals surface area contributed by atoms with Crippen molar-refractivity contribution in [3.05, 3.63) is 87.3 Å². The van der Waals surface area contributed by atoms with Crippen molar-refractivity contribution in [1.82, 2.24) is 5.32 Å². The molecule has 2 aromatic rings. The molecule has 2 aliphatic rings. The second kappa shape index (κ2) is 8.54. The van der Waals surface area contributed by atoms with Gasteiger partial charge in [0.1, 0.15) is 5.75 Å². The van der Waals surface area contributed by atoms with Crippen LogP contribution in [0.4, 0.5) is 0 Å². The van der Waals surface area contributed by atoms with E-state index < -0.39 is 11.9 Å². The largest absolute Gasteiger partial charge is 0.508 e. The smallest absolute Gasteiger partial charge is 0.334 e. The summed E-state index contributed by atoms with van der Waals surface area (Å²) >= 11 is 0. The minimum Gasteiger partial charge on any atom is -0.508 e. The van der Waals surface area contributed by atoms with Crippen LogP contribution in [-0.2, 0) is 4.79 Å². The Balaban J connectivity index is 1.90. The normalized spacial score (nSPS) is 22.0. The van der Waals surface area contributed by atoms with Gasteiger partial charge in [0, 0.05) is 29.3 Å². The predicted octanol–water partition coefficient (Wildman–Crippen LogP) is 5.11. The Morgan fingerprint density at radius 1 is 1.12 bits per heavy atom. The highest BCUT2D eigenvalue weighted by Crippen LogP contribution is 2.47. The average molecular weight is 433 g/mol. The molecule has 1 aliphatic heterocycles. The van der Waals surface area contributed by atoms with Crippen molar-refractivity contribution in [2.75, 3.05) is 0 Å². The number of phenols is 1. The SMILES string of the molecule is CCC1=C(C(=O)O)C(c2cccc(O)c2)C2=C(CC(c3c(C)cccc3C)CC2=NO)N1. The van der Waals surface area contributed by atoms with Gasteiger partial charge in [-0.05, 0) is 67.0 Å². The van der Waals surface area contributed by atoms with Crippen LogP contribution in [0.25, 0.3) is 0 Å². The zero-order valence-electron chi connectivity index (χ0n) is 18.5. The molecule has 0 bridgehead atoms. The van der Waals surface area contributed by atoms with E-state index in [9.17, 15) is 20.2 Å². The molecule has 2 aromatic carbocycles. The van der Waals surface area contributed by atoms with Gasteiger partial charge in [-0.2, -0.15) is 0 Å². The molecule has 4 rings (SSSR count). The summed E-state index contributed by atoms with van der Waals surface area (Å²) in [5.74, 6) is -1.47. The van der Waals surface area contributed by atoms with E-state index >= 15 is 0 Å². The molecule has 0 aromatic heterocycles.